The topological polar surface area (TPSA) is 84.9 Å². The lowest BCUT2D eigenvalue weighted by Gasteiger charge is -2.17. The number of unbranched alkanes of at least 4 members (excludes halogenated alkanes) is 7. The van der Waals surface area contributed by atoms with Gasteiger partial charge in [0.25, 0.3) is 0 Å². The van der Waals surface area contributed by atoms with Crippen molar-refractivity contribution >= 4 is 12.1 Å². The summed E-state index contributed by atoms with van der Waals surface area (Å²) in [4.78, 5) is 23.9. The molecule has 0 spiro atoms. The molecular formula is C28H37NO5. The maximum atomic E-state index is 12.4. The van der Waals surface area contributed by atoms with Crippen molar-refractivity contribution in [1.82, 2.24) is 5.32 Å². The number of carbonyl (C=O) groups is 2. The minimum atomic E-state index is -1.13. The molecular weight excluding hydrogens is 430 g/mol. The van der Waals surface area contributed by atoms with Crippen molar-refractivity contribution in [3.63, 3.8) is 0 Å². The number of carboxylic acid groups (broad SMARTS) is 1. The zero-order chi connectivity index (χ0) is 24.2. The first-order valence-corrected chi connectivity index (χ1v) is 12.5. The van der Waals surface area contributed by atoms with Crippen molar-refractivity contribution in [1.29, 1.82) is 0 Å². The van der Waals surface area contributed by atoms with Crippen molar-refractivity contribution in [2.75, 3.05) is 19.8 Å². The summed E-state index contributed by atoms with van der Waals surface area (Å²) in [7, 11) is 0. The molecule has 2 aromatic carbocycles. The molecule has 0 radical (unpaired) electrons. The fraction of sp³-hybridized carbons (Fsp3) is 0.500. The van der Waals surface area contributed by atoms with Crippen LogP contribution in [0.2, 0.25) is 0 Å². The number of hydrogen-bond acceptors (Lipinski definition) is 4. The molecule has 0 unspecified atom stereocenters. The molecule has 0 saturated carbocycles. The molecule has 6 nitrogen and oxygen atoms in total. The molecule has 184 valence electrons. The maximum Gasteiger partial charge on any atom is 0.407 e. The van der Waals surface area contributed by atoms with Gasteiger partial charge in [-0.15, -0.1) is 0 Å². The Bertz CT molecular complexity index is 883. The van der Waals surface area contributed by atoms with Crippen LogP contribution in [-0.4, -0.2) is 43.0 Å². The molecule has 1 atom stereocenters. The molecule has 1 aliphatic rings. The molecule has 2 aromatic rings. The number of ether oxygens (including phenoxy) is 2. The predicted molar refractivity (Wildman–Crippen MR) is 133 cm³/mol. The highest BCUT2D eigenvalue weighted by Gasteiger charge is 2.29. The number of nitrogens with one attached hydrogen (secondary N) is 1. The molecule has 0 saturated heterocycles. The first-order chi connectivity index (χ1) is 16.6. The third kappa shape index (κ3) is 7.32. The highest BCUT2D eigenvalue weighted by molar-refractivity contribution is 5.81. The normalized spacial score (nSPS) is 13.2. The van der Waals surface area contributed by atoms with Crippen LogP contribution in [0.3, 0.4) is 0 Å². The van der Waals surface area contributed by atoms with E-state index >= 15 is 0 Å². The van der Waals surface area contributed by atoms with Crippen molar-refractivity contribution < 1.29 is 24.2 Å². The van der Waals surface area contributed by atoms with Gasteiger partial charge in [0.15, 0.2) is 6.04 Å². The summed E-state index contributed by atoms with van der Waals surface area (Å²) in [5.74, 6) is -1.20. The van der Waals surface area contributed by atoms with E-state index in [0.717, 1.165) is 35.1 Å². The standard InChI is InChI=1S/C28H37NO5/c1-2-3-4-5-6-7-8-13-18-33-20-26(27(30)31)29-28(32)34-19-25-23-16-11-9-14-21(23)22-15-10-12-17-24(22)25/h9-12,14-17,25-26H,2-8,13,18-20H2,1H3,(H,29,32)(H,30,31)/t26-/m0/s1. The predicted octanol–water partition coefficient (Wildman–Crippen LogP) is 6.14. The highest BCUT2D eigenvalue weighted by Crippen LogP contribution is 2.44. The van der Waals surface area contributed by atoms with Crippen LogP contribution in [-0.2, 0) is 14.3 Å². The fourth-order valence-electron chi connectivity index (χ4n) is 4.50. The van der Waals surface area contributed by atoms with Crippen LogP contribution < -0.4 is 5.32 Å². The molecule has 2 N–H and O–H groups in total. The number of rotatable bonds is 15. The number of carbonyl (C=O) groups excluding carboxylic acids is 1. The van der Waals surface area contributed by atoms with Crippen molar-refractivity contribution in [2.24, 2.45) is 0 Å². The molecule has 0 heterocycles. The molecule has 34 heavy (non-hydrogen) atoms. The van der Waals surface area contributed by atoms with Crippen LogP contribution in [0.15, 0.2) is 48.5 Å². The first-order valence-electron chi connectivity index (χ1n) is 12.5. The van der Waals surface area contributed by atoms with E-state index in [0.29, 0.717) is 6.61 Å². The van der Waals surface area contributed by atoms with Gasteiger partial charge in [0.1, 0.15) is 6.61 Å². The van der Waals surface area contributed by atoms with Gasteiger partial charge in [-0.3, -0.25) is 0 Å². The fourth-order valence-corrected chi connectivity index (χ4v) is 4.50. The van der Waals surface area contributed by atoms with E-state index in [4.69, 9.17) is 9.47 Å². The highest BCUT2D eigenvalue weighted by atomic mass is 16.5. The Kier molecular flexibility index (Phi) is 10.4. The number of alkyl carbamates (subject to hydrolysis) is 1. The lowest BCUT2D eigenvalue weighted by Crippen LogP contribution is -2.44. The van der Waals surface area contributed by atoms with Crippen LogP contribution in [0.1, 0.15) is 75.3 Å². The van der Waals surface area contributed by atoms with Crippen LogP contribution in [0.5, 0.6) is 0 Å². The van der Waals surface area contributed by atoms with Gasteiger partial charge in [0.2, 0.25) is 0 Å². The van der Waals surface area contributed by atoms with Gasteiger partial charge in [-0.1, -0.05) is 100 Å². The number of benzene rings is 2. The number of hydrogen-bond donors (Lipinski definition) is 2. The Morgan fingerprint density at radius 1 is 0.882 bits per heavy atom. The lowest BCUT2D eigenvalue weighted by atomic mass is 9.98. The maximum absolute atomic E-state index is 12.4. The van der Waals surface area contributed by atoms with Gasteiger partial charge in [-0.25, -0.2) is 9.59 Å². The van der Waals surface area contributed by atoms with E-state index in [1.54, 1.807) is 0 Å². The van der Waals surface area contributed by atoms with Gasteiger partial charge in [0.05, 0.1) is 6.61 Å². The third-order valence-corrected chi connectivity index (χ3v) is 6.36. The first kappa shape index (κ1) is 25.8. The molecule has 6 heteroatoms. The van der Waals surface area contributed by atoms with Crippen molar-refractivity contribution in [3.8, 4) is 11.1 Å². The minimum Gasteiger partial charge on any atom is -0.480 e. The summed E-state index contributed by atoms with van der Waals surface area (Å²) in [6, 6.07) is 15.0. The molecule has 0 aliphatic heterocycles. The second-order valence-electron chi connectivity index (χ2n) is 8.91. The number of aliphatic carboxylic acids is 1. The van der Waals surface area contributed by atoms with Crippen LogP contribution in [0.25, 0.3) is 11.1 Å². The van der Waals surface area contributed by atoms with Gasteiger partial charge in [0, 0.05) is 12.5 Å². The Morgan fingerprint density at radius 2 is 1.44 bits per heavy atom. The van der Waals surface area contributed by atoms with E-state index in [9.17, 15) is 14.7 Å². The van der Waals surface area contributed by atoms with Crippen molar-refractivity contribution in [3.05, 3.63) is 59.7 Å². The van der Waals surface area contributed by atoms with Gasteiger partial charge < -0.3 is 19.9 Å². The monoisotopic (exact) mass is 467 g/mol. The summed E-state index contributed by atoms with van der Waals surface area (Å²) in [6.45, 7) is 2.77. The van der Waals surface area contributed by atoms with Crippen molar-refractivity contribution in [2.45, 2.75) is 70.3 Å². The molecule has 1 amide bonds. The molecule has 0 aromatic heterocycles. The van der Waals surface area contributed by atoms with E-state index in [1.807, 2.05) is 36.4 Å². The average molecular weight is 468 g/mol. The number of amides is 1. The zero-order valence-corrected chi connectivity index (χ0v) is 20.1. The Morgan fingerprint density at radius 3 is 2.03 bits per heavy atom. The largest absolute Gasteiger partial charge is 0.480 e. The smallest absolute Gasteiger partial charge is 0.407 e. The van der Waals surface area contributed by atoms with E-state index in [1.165, 1.54) is 38.5 Å². The van der Waals surface area contributed by atoms with Gasteiger partial charge in [-0.05, 0) is 28.7 Å². The second-order valence-corrected chi connectivity index (χ2v) is 8.91. The van der Waals surface area contributed by atoms with E-state index in [-0.39, 0.29) is 19.1 Å². The lowest BCUT2D eigenvalue weighted by molar-refractivity contribution is -0.141. The second kappa shape index (κ2) is 13.8. The Hall–Kier alpha value is -2.86. The molecule has 3 rings (SSSR count). The summed E-state index contributed by atoms with van der Waals surface area (Å²) in [5, 5.41) is 11.9. The molecule has 1 aliphatic carbocycles. The number of fused-ring (bicyclic) bond motifs is 3. The summed E-state index contributed by atoms with van der Waals surface area (Å²) in [6.07, 6.45) is 8.77. The number of carboxylic acids is 1. The SMILES string of the molecule is CCCCCCCCCCOC[C@H](NC(=O)OCC1c2ccccc2-c2ccccc21)C(=O)O. The Labute approximate surface area is 202 Å². The third-order valence-electron chi connectivity index (χ3n) is 6.36. The van der Waals surface area contributed by atoms with Gasteiger partial charge in [-0.2, -0.15) is 0 Å². The average Bonchev–Trinajstić information content (AvgIpc) is 3.16. The Balaban J connectivity index is 1.39. The summed E-state index contributed by atoms with van der Waals surface area (Å²) < 4.78 is 11.0. The zero-order valence-electron chi connectivity index (χ0n) is 20.1. The van der Waals surface area contributed by atoms with Crippen LogP contribution in [0.4, 0.5) is 4.79 Å². The van der Waals surface area contributed by atoms with E-state index < -0.39 is 18.1 Å². The van der Waals surface area contributed by atoms with E-state index in [2.05, 4.69) is 24.4 Å². The molecule has 0 bridgehead atoms. The summed E-state index contributed by atoms with van der Waals surface area (Å²) >= 11 is 0. The minimum absolute atomic E-state index is 0.0698. The van der Waals surface area contributed by atoms with Gasteiger partial charge >= 0.3 is 12.1 Å². The van der Waals surface area contributed by atoms with Crippen LogP contribution >= 0.6 is 0 Å². The van der Waals surface area contributed by atoms with Crippen LogP contribution in [0, 0.1) is 0 Å². The summed E-state index contributed by atoms with van der Waals surface area (Å²) in [5.41, 5.74) is 4.51. The quantitative estimate of drug-likeness (QED) is 0.308. The molecule has 0 fully saturated rings.